The molecule has 1 aliphatic rings. The zero-order valence-corrected chi connectivity index (χ0v) is 5.76. The van der Waals surface area contributed by atoms with Gasteiger partial charge in [-0.2, -0.15) is 0 Å². The van der Waals surface area contributed by atoms with Crippen molar-refractivity contribution >= 4 is 30.7 Å². The van der Waals surface area contributed by atoms with Gasteiger partial charge in [0.15, 0.2) is 0 Å². The van der Waals surface area contributed by atoms with E-state index in [4.69, 9.17) is 5.11 Å². The number of carbonyl (C=O) groups is 2. The maximum Gasteiger partial charge on any atom is 0.326 e. The molecule has 5 heteroatoms. The van der Waals surface area contributed by atoms with Crippen molar-refractivity contribution in [1.82, 2.24) is 5.32 Å². The second kappa shape index (κ2) is 3.64. The molecule has 1 atom stereocenters. The molecular weight excluding hydrogens is 129 g/mol. The maximum atomic E-state index is 10.4. The number of carboxylic acids is 1. The van der Waals surface area contributed by atoms with E-state index < -0.39 is 12.0 Å². The molecule has 0 spiro atoms. The van der Waals surface area contributed by atoms with Crippen LogP contribution in [0.25, 0.3) is 0 Å². The van der Waals surface area contributed by atoms with Crippen molar-refractivity contribution in [2.75, 3.05) is 0 Å². The quantitative estimate of drug-likeness (QED) is 0.453. The first kappa shape index (κ1) is 9.54. The Kier molecular flexibility index (Phi) is 3.48. The SMILES string of the molecule is O=C1CCC(C(=O)O)N1.[Li]. The van der Waals surface area contributed by atoms with Gasteiger partial charge in [-0.15, -0.1) is 0 Å². The molecule has 2 N–H and O–H groups in total. The molecule has 1 rings (SSSR count). The minimum atomic E-state index is -0.944. The van der Waals surface area contributed by atoms with Crippen molar-refractivity contribution in [2.45, 2.75) is 18.9 Å². The summed E-state index contributed by atoms with van der Waals surface area (Å²) in [6.45, 7) is 0. The normalized spacial score (nSPS) is 23.2. The zero-order valence-electron chi connectivity index (χ0n) is 5.76. The van der Waals surface area contributed by atoms with Crippen LogP contribution in [-0.4, -0.2) is 41.9 Å². The van der Waals surface area contributed by atoms with Crippen LogP contribution in [0.3, 0.4) is 0 Å². The van der Waals surface area contributed by atoms with Gasteiger partial charge in [0.25, 0.3) is 0 Å². The predicted molar refractivity (Wildman–Crippen MR) is 34.6 cm³/mol. The fraction of sp³-hybridized carbons (Fsp3) is 0.600. The van der Waals surface area contributed by atoms with Gasteiger partial charge < -0.3 is 10.4 Å². The second-order valence-corrected chi connectivity index (χ2v) is 2.00. The fourth-order valence-electron chi connectivity index (χ4n) is 0.799. The number of hydrogen-bond donors (Lipinski definition) is 2. The van der Waals surface area contributed by atoms with Crippen LogP contribution in [0.15, 0.2) is 0 Å². The smallest absolute Gasteiger partial charge is 0.326 e. The molecule has 4 nitrogen and oxygen atoms in total. The van der Waals surface area contributed by atoms with Crippen molar-refractivity contribution in [1.29, 1.82) is 0 Å². The number of carbonyl (C=O) groups excluding carboxylic acids is 1. The Hall–Kier alpha value is -0.463. The molecular formula is C5H7LiNO3. The summed E-state index contributed by atoms with van der Waals surface area (Å²) < 4.78 is 0. The number of carboxylic acid groups (broad SMARTS) is 1. The third kappa shape index (κ3) is 2.05. The molecule has 1 heterocycles. The molecule has 0 aromatic heterocycles. The third-order valence-electron chi connectivity index (χ3n) is 1.29. The molecule has 1 unspecified atom stereocenters. The van der Waals surface area contributed by atoms with E-state index in [-0.39, 0.29) is 24.8 Å². The Morgan fingerprint density at radius 3 is 2.50 bits per heavy atom. The summed E-state index contributed by atoms with van der Waals surface area (Å²) in [5, 5.41) is 10.6. The number of amides is 1. The summed E-state index contributed by atoms with van der Waals surface area (Å²) in [5.41, 5.74) is 0. The van der Waals surface area contributed by atoms with Crippen molar-refractivity contribution in [3.63, 3.8) is 0 Å². The molecule has 0 saturated carbocycles. The molecule has 0 aromatic rings. The van der Waals surface area contributed by atoms with Gasteiger partial charge in [-0.25, -0.2) is 4.79 Å². The van der Waals surface area contributed by atoms with E-state index in [2.05, 4.69) is 5.32 Å². The van der Waals surface area contributed by atoms with Crippen molar-refractivity contribution in [3.05, 3.63) is 0 Å². The number of nitrogens with one attached hydrogen (secondary N) is 1. The first-order valence-electron chi connectivity index (χ1n) is 2.72. The predicted octanol–water partition coefficient (Wildman–Crippen LogP) is -1.03. The van der Waals surface area contributed by atoms with Crippen LogP contribution in [0.4, 0.5) is 0 Å². The van der Waals surface area contributed by atoms with Gasteiger partial charge in [0.05, 0.1) is 0 Å². The van der Waals surface area contributed by atoms with Crippen LogP contribution in [0.2, 0.25) is 0 Å². The molecule has 1 radical (unpaired) electrons. The summed E-state index contributed by atoms with van der Waals surface area (Å²) in [7, 11) is 0. The molecule has 51 valence electrons. The first-order chi connectivity index (χ1) is 4.20. The molecule has 0 aliphatic carbocycles. The molecule has 0 bridgehead atoms. The van der Waals surface area contributed by atoms with Gasteiger partial charge in [0.2, 0.25) is 5.91 Å². The Labute approximate surface area is 70.2 Å². The molecule has 1 amide bonds. The van der Waals surface area contributed by atoms with Gasteiger partial charge in [0, 0.05) is 25.3 Å². The Morgan fingerprint density at radius 2 is 2.30 bits per heavy atom. The topological polar surface area (TPSA) is 66.4 Å². The number of rotatable bonds is 1. The molecule has 1 saturated heterocycles. The second-order valence-electron chi connectivity index (χ2n) is 2.00. The van der Waals surface area contributed by atoms with E-state index in [1.807, 2.05) is 0 Å². The summed E-state index contributed by atoms with van der Waals surface area (Å²) >= 11 is 0. The first-order valence-corrected chi connectivity index (χ1v) is 2.72. The average Bonchev–Trinajstić information content (AvgIpc) is 2.14. The number of aliphatic carboxylic acids is 1. The Balaban J connectivity index is 0.000000810. The van der Waals surface area contributed by atoms with E-state index in [1.165, 1.54) is 0 Å². The fourth-order valence-corrected chi connectivity index (χ4v) is 0.799. The van der Waals surface area contributed by atoms with Gasteiger partial charge >= 0.3 is 5.97 Å². The van der Waals surface area contributed by atoms with E-state index in [0.717, 1.165) is 0 Å². The van der Waals surface area contributed by atoms with Gasteiger partial charge in [0.1, 0.15) is 6.04 Å². The maximum absolute atomic E-state index is 10.4. The van der Waals surface area contributed by atoms with Crippen LogP contribution in [-0.2, 0) is 9.59 Å². The standard InChI is InChI=1S/C5H7NO3.Li/c7-4-2-1-3(6-4)5(8)9;/h3H,1-2H2,(H,6,7)(H,8,9);. The largest absolute Gasteiger partial charge is 0.480 e. The van der Waals surface area contributed by atoms with Crippen molar-refractivity contribution in [3.8, 4) is 0 Å². The minimum absolute atomic E-state index is 0. The Morgan fingerprint density at radius 1 is 1.70 bits per heavy atom. The van der Waals surface area contributed by atoms with Crippen LogP contribution >= 0.6 is 0 Å². The van der Waals surface area contributed by atoms with Crippen LogP contribution in [0.1, 0.15) is 12.8 Å². The van der Waals surface area contributed by atoms with Crippen molar-refractivity contribution in [2.24, 2.45) is 0 Å². The summed E-state index contributed by atoms with van der Waals surface area (Å²) in [6, 6.07) is -0.641. The Bertz CT molecular complexity index is 159. The molecule has 1 fully saturated rings. The van der Waals surface area contributed by atoms with E-state index >= 15 is 0 Å². The van der Waals surface area contributed by atoms with Gasteiger partial charge in [-0.05, 0) is 6.42 Å². The molecule has 0 aromatic carbocycles. The van der Waals surface area contributed by atoms with Crippen LogP contribution in [0.5, 0.6) is 0 Å². The van der Waals surface area contributed by atoms with Crippen LogP contribution in [0, 0.1) is 0 Å². The zero-order chi connectivity index (χ0) is 6.85. The van der Waals surface area contributed by atoms with E-state index in [1.54, 1.807) is 0 Å². The summed E-state index contributed by atoms with van der Waals surface area (Å²) in [5.74, 6) is -1.11. The van der Waals surface area contributed by atoms with Gasteiger partial charge in [-0.1, -0.05) is 0 Å². The van der Waals surface area contributed by atoms with Crippen LogP contribution < -0.4 is 5.32 Å². The van der Waals surface area contributed by atoms with E-state index in [9.17, 15) is 9.59 Å². The monoisotopic (exact) mass is 136 g/mol. The average molecular weight is 136 g/mol. The molecule has 1 aliphatic heterocycles. The summed E-state index contributed by atoms with van der Waals surface area (Å²) in [4.78, 5) is 20.5. The number of hydrogen-bond acceptors (Lipinski definition) is 2. The third-order valence-corrected chi connectivity index (χ3v) is 1.29. The summed E-state index contributed by atoms with van der Waals surface area (Å²) in [6.07, 6.45) is 0.769. The van der Waals surface area contributed by atoms with Gasteiger partial charge in [-0.3, -0.25) is 4.79 Å². The van der Waals surface area contributed by atoms with E-state index in [0.29, 0.717) is 12.8 Å². The van der Waals surface area contributed by atoms with Crippen molar-refractivity contribution < 1.29 is 14.7 Å². The molecule has 10 heavy (non-hydrogen) atoms. The minimum Gasteiger partial charge on any atom is -0.480 e.